The van der Waals surface area contributed by atoms with Crippen LogP contribution in [0.3, 0.4) is 0 Å². The number of ether oxygens (including phenoxy) is 4. The third-order valence-electron chi connectivity index (χ3n) is 17.4. The van der Waals surface area contributed by atoms with E-state index in [4.69, 9.17) is 18.9 Å². The van der Waals surface area contributed by atoms with Crippen LogP contribution in [-0.4, -0.2) is 150 Å². The number of hydrogen-bond acceptors (Lipinski definition) is 14. The molecule has 7 fully saturated rings. The van der Waals surface area contributed by atoms with Crippen molar-refractivity contribution in [3.05, 3.63) is 0 Å². The minimum Gasteiger partial charge on any atom is -0.394 e. The molecule has 7 rings (SSSR count). The quantitative estimate of drug-likeness (QED) is 0.136. The van der Waals surface area contributed by atoms with Crippen LogP contribution in [0, 0.1) is 50.7 Å². The van der Waals surface area contributed by atoms with Crippen molar-refractivity contribution in [3.8, 4) is 0 Å². The standard InChI is InChI=1S/C41H70O14/c1-19(8-9-25(46)37(4,5)55-35-32(51)30(49)29(48)23(16-42)53-35)27-21(44)15-39(7)24-14-20(43)33-36(2,3)26(54-34-31(50)28(47)22(45)17-52-34)10-11-41(33)18-40(24,41)13-12-38(27,39)6/h19-35,42-51H,8-18H2,1-7H3/t19-,20+,21+,22-,23-,24+,25+,26+,27+,28+,29-,30+,31-,32-,33+,34+,35+,38-,39+,40+,41-/m1/s1. The summed E-state index contributed by atoms with van der Waals surface area (Å²) < 4.78 is 23.6. The maximum absolute atomic E-state index is 12.2. The summed E-state index contributed by atoms with van der Waals surface area (Å²) in [4.78, 5) is 0. The van der Waals surface area contributed by atoms with Crippen LogP contribution in [0.25, 0.3) is 0 Å². The van der Waals surface area contributed by atoms with Crippen molar-refractivity contribution in [2.24, 2.45) is 50.7 Å². The van der Waals surface area contributed by atoms with Crippen molar-refractivity contribution >= 4 is 0 Å². The molecular weight excluding hydrogens is 716 g/mol. The van der Waals surface area contributed by atoms with Gasteiger partial charge in [-0.1, -0.05) is 34.6 Å². The minimum absolute atomic E-state index is 0.0301. The number of fused-ring (bicyclic) bond motifs is 2. The van der Waals surface area contributed by atoms with Crippen LogP contribution in [0.4, 0.5) is 0 Å². The van der Waals surface area contributed by atoms with Gasteiger partial charge in [-0.05, 0) is 122 Å². The van der Waals surface area contributed by atoms with E-state index in [1.807, 2.05) is 0 Å². The Bertz CT molecular complexity index is 1400. The summed E-state index contributed by atoms with van der Waals surface area (Å²) >= 11 is 0. The molecule has 5 aliphatic carbocycles. The first-order valence-corrected chi connectivity index (χ1v) is 20.9. The Labute approximate surface area is 325 Å². The van der Waals surface area contributed by atoms with E-state index < -0.39 is 91.2 Å². The van der Waals surface area contributed by atoms with E-state index in [0.717, 1.165) is 32.1 Å². The topological polar surface area (TPSA) is 239 Å². The van der Waals surface area contributed by atoms with Gasteiger partial charge >= 0.3 is 0 Å². The predicted octanol–water partition coefficient (Wildman–Crippen LogP) is 0.564. The zero-order valence-corrected chi connectivity index (χ0v) is 33.7. The van der Waals surface area contributed by atoms with Crippen molar-refractivity contribution in [2.45, 2.75) is 192 Å². The number of aliphatic hydroxyl groups excluding tert-OH is 10. The van der Waals surface area contributed by atoms with Gasteiger partial charge in [0.2, 0.25) is 0 Å². The molecule has 0 aromatic rings. The monoisotopic (exact) mass is 786 g/mol. The molecule has 0 bridgehead atoms. The van der Waals surface area contributed by atoms with Gasteiger partial charge < -0.3 is 70.0 Å². The van der Waals surface area contributed by atoms with Gasteiger partial charge in [-0.3, -0.25) is 0 Å². The molecule has 2 saturated heterocycles. The molecule has 14 heteroatoms. The maximum Gasteiger partial charge on any atom is 0.187 e. The molecule has 2 aliphatic heterocycles. The second kappa shape index (κ2) is 14.3. The summed E-state index contributed by atoms with van der Waals surface area (Å²) in [5.41, 5.74) is -2.11. The van der Waals surface area contributed by atoms with E-state index in [1.165, 1.54) is 0 Å². The number of hydrogen-bond donors (Lipinski definition) is 10. The fourth-order valence-electron chi connectivity index (χ4n) is 14.3. The molecule has 10 N–H and O–H groups in total. The lowest BCUT2D eigenvalue weighted by molar-refractivity contribution is -0.331. The van der Waals surface area contributed by atoms with Gasteiger partial charge in [0.15, 0.2) is 12.6 Å². The highest BCUT2D eigenvalue weighted by Gasteiger charge is 2.84. The van der Waals surface area contributed by atoms with E-state index in [1.54, 1.807) is 13.8 Å². The zero-order valence-electron chi connectivity index (χ0n) is 33.7. The molecule has 2 spiro atoms. The third kappa shape index (κ3) is 6.25. The Kier molecular flexibility index (Phi) is 11.1. The van der Waals surface area contributed by atoms with Crippen molar-refractivity contribution in [1.29, 1.82) is 0 Å². The van der Waals surface area contributed by atoms with Crippen LogP contribution in [0.2, 0.25) is 0 Å². The van der Waals surface area contributed by atoms with Gasteiger partial charge in [0.05, 0.1) is 43.2 Å². The first-order valence-electron chi connectivity index (χ1n) is 20.9. The van der Waals surface area contributed by atoms with Gasteiger partial charge in [-0.15, -0.1) is 0 Å². The van der Waals surface area contributed by atoms with Crippen molar-refractivity contribution in [3.63, 3.8) is 0 Å². The molecule has 0 aromatic heterocycles. The van der Waals surface area contributed by atoms with Crippen LogP contribution in [0.5, 0.6) is 0 Å². The summed E-state index contributed by atoms with van der Waals surface area (Å²) in [7, 11) is 0. The first kappa shape index (κ1) is 42.6. The SMILES string of the molecule is C[C@H](CC[C@H](O)C(C)(C)O[C@@H]1O[C@H](CO)[C@@H](O)[C@H](O)[C@H]1O)[C@H]1[C@@H](O)C[C@@]2(C)[C@@H]3C[C@H](O)[C@H]4C(C)(C)[C@@H](O[C@@H]5OC[C@@H](O)[C@H](O)[C@H]5O)CC[C@@]45C[C@@]35CC[C@]12C. The molecule has 0 radical (unpaired) electrons. The molecule has 0 amide bonds. The molecule has 318 valence electrons. The Morgan fingerprint density at radius 1 is 0.764 bits per heavy atom. The first-order chi connectivity index (χ1) is 25.5. The van der Waals surface area contributed by atoms with Crippen molar-refractivity contribution in [1.82, 2.24) is 0 Å². The average molecular weight is 787 g/mol. The highest BCUT2D eigenvalue weighted by molar-refractivity contribution is 5.32. The average Bonchev–Trinajstić information content (AvgIpc) is 3.71. The second-order valence-electron chi connectivity index (χ2n) is 20.7. The molecular formula is C41H70O14. The molecule has 14 nitrogen and oxygen atoms in total. The van der Waals surface area contributed by atoms with Gasteiger partial charge in [-0.25, -0.2) is 0 Å². The lowest BCUT2D eigenvalue weighted by atomic mass is 9.41. The number of rotatable bonds is 10. The minimum atomic E-state index is -1.58. The van der Waals surface area contributed by atoms with Gasteiger partial charge in [0, 0.05) is 0 Å². The van der Waals surface area contributed by atoms with E-state index in [9.17, 15) is 51.1 Å². The summed E-state index contributed by atoms with van der Waals surface area (Å²) in [6.07, 6.45) is -7.72. The molecule has 7 aliphatic rings. The maximum atomic E-state index is 12.2. The summed E-state index contributed by atoms with van der Waals surface area (Å²) in [6.45, 7) is 13.8. The normalized spacial score (nSPS) is 54.4. The molecule has 21 atom stereocenters. The van der Waals surface area contributed by atoms with Gasteiger partial charge in [0.1, 0.15) is 42.7 Å². The van der Waals surface area contributed by atoms with Gasteiger partial charge in [0.25, 0.3) is 0 Å². The van der Waals surface area contributed by atoms with E-state index >= 15 is 0 Å². The third-order valence-corrected chi connectivity index (χ3v) is 17.4. The van der Waals surface area contributed by atoms with Crippen molar-refractivity contribution < 1.29 is 70.0 Å². The molecule has 0 unspecified atom stereocenters. The molecule has 0 aromatic carbocycles. The zero-order chi connectivity index (χ0) is 40.4. The Hall–Kier alpha value is -0.560. The summed E-state index contributed by atoms with van der Waals surface area (Å²) in [5, 5.41) is 107. The fraction of sp³-hybridized carbons (Fsp3) is 1.00. The molecule has 2 heterocycles. The molecule has 55 heavy (non-hydrogen) atoms. The van der Waals surface area contributed by atoms with Crippen LogP contribution >= 0.6 is 0 Å². The largest absolute Gasteiger partial charge is 0.394 e. The summed E-state index contributed by atoms with van der Waals surface area (Å²) in [5.74, 6) is 0.209. The van der Waals surface area contributed by atoms with Crippen molar-refractivity contribution in [2.75, 3.05) is 13.2 Å². The van der Waals surface area contributed by atoms with E-state index in [0.29, 0.717) is 25.7 Å². The Morgan fingerprint density at radius 2 is 1.44 bits per heavy atom. The Morgan fingerprint density at radius 3 is 2.11 bits per heavy atom. The highest BCUT2D eigenvalue weighted by atomic mass is 16.7. The van der Waals surface area contributed by atoms with Crippen LogP contribution in [-0.2, 0) is 18.9 Å². The lowest BCUT2D eigenvalue weighted by Crippen LogP contribution is -2.62. The fourth-order valence-corrected chi connectivity index (χ4v) is 14.3. The van der Waals surface area contributed by atoms with E-state index in [-0.39, 0.29) is 58.0 Å². The van der Waals surface area contributed by atoms with E-state index in [2.05, 4.69) is 34.6 Å². The van der Waals surface area contributed by atoms with Crippen LogP contribution in [0.1, 0.15) is 106 Å². The second-order valence-corrected chi connectivity index (χ2v) is 20.7. The number of aliphatic hydroxyl groups is 10. The van der Waals surface area contributed by atoms with Crippen LogP contribution < -0.4 is 0 Å². The molecule has 5 saturated carbocycles. The lowest BCUT2D eigenvalue weighted by Gasteiger charge is -2.64. The Balaban J connectivity index is 1.03. The summed E-state index contributed by atoms with van der Waals surface area (Å²) in [6, 6.07) is 0. The predicted molar refractivity (Wildman–Crippen MR) is 196 cm³/mol. The van der Waals surface area contributed by atoms with Gasteiger partial charge in [-0.2, -0.15) is 0 Å². The van der Waals surface area contributed by atoms with Crippen LogP contribution in [0.15, 0.2) is 0 Å². The smallest absolute Gasteiger partial charge is 0.187 e. The highest BCUT2D eigenvalue weighted by Crippen LogP contribution is 2.89.